The third kappa shape index (κ3) is 4.57. The zero-order valence-corrected chi connectivity index (χ0v) is 17.8. The van der Waals surface area contributed by atoms with E-state index in [4.69, 9.17) is 4.74 Å². The van der Waals surface area contributed by atoms with E-state index in [2.05, 4.69) is 14.8 Å². The molecule has 5 aromatic rings. The molecule has 0 radical (unpaired) electrons. The molecular weight excluding hydrogens is 410 g/mol. The monoisotopic (exact) mass is 431 g/mol. The largest absolute Gasteiger partial charge is 0.423 e. The number of benzene rings is 4. The molecule has 0 aliphatic heterocycles. The molecule has 0 atom stereocenters. The summed E-state index contributed by atoms with van der Waals surface area (Å²) < 4.78 is 7.54. The maximum atomic E-state index is 12.5. The topological polar surface area (TPSA) is 57.0 Å². The van der Waals surface area contributed by atoms with Crippen molar-refractivity contribution in [3.05, 3.63) is 126 Å². The maximum absolute atomic E-state index is 12.5. The number of ether oxygens (including phenoxy) is 1. The standard InChI is InChI=1S/C28H21N3O2/c32-28(33-25-14-8-3-9-15-25)24-18-16-21(17-19-24)20-31-26(22-10-4-1-5-11-22)29-30-27(31)23-12-6-2-7-13-23/h1-19H,20H2. The van der Waals surface area contributed by atoms with Gasteiger partial charge in [-0.25, -0.2) is 4.79 Å². The number of rotatable bonds is 6. The summed E-state index contributed by atoms with van der Waals surface area (Å²) >= 11 is 0. The van der Waals surface area contributed by atoms with E-state index in [9.17, 15) is 4.79 Å². The van der Waals surface area contributed by atoms with E-state index in [-0.39, 0.29) is 5.97 Å². The lowest BCUT2D eigenvalue weighted by atomic mass is 10.1. The van der Waals surface area contributed by atoms with Gasteiger partial charge in [0.15, 0.2) is 11.6 Å². The van der Waals surface area contributed by atoms with Crippen LogP contribution in [0.4, 0.5) is 0 Å². The van der Waals surface area contributed by atoms with Gasteiger partial charge in [-0.2, -0.15) is 0 Å². The van der Waals surface area contributed by atoms with Crippen LogP contribution in [0.25, 0.3) is 22.8 Å². The normalized spacial score (nSPS) is 10.7. The van der Waals surface area contributed by atoms with Gasteiger partial charge in [-0.1, -0.05) is 91.0 Å². The maximum Gasteiger partial charge on any atom is 0.343 e. The molecule has 0 spiro atoms. The number of hydrogen-bond acceptors (Lipinski definition) is 4. The molecule has 0 saturated carbocycles. The van der Waals surface area contributed by atoms with E-state index in [1.54, 1.807) is 24.3 Å². The Kier molecular flexibility index (Phi) is 5.76. The third-order valence-electron chi connectivity index (χ3n) is 5.30. The molecule has 160 valence electrons. The first kappa shape index (κ1) is 20.4. The van der Waals surface area contributed by atoms with Crippen LogP contribution in [-0.4, -0.2) is 20.7 Å². The van der Waals surface area contributed by atoms with Crippen molar-refractivity contribution in [2.24, 2.45) is 0 Å². The molecule has 0 saturated heterocycles. The first-order valence-corrected chi connectivity index (χ1v) is 10.7. The van der Waals surface area contributed by atoms with E-state index in [1.165, 1.54) is 0 Å². The smallest absolute Gasteiger partial charge is 0.343 e. The van der Waals surface area contributed by atoms with Crippen LogP contribution in [0, 0.1) is 0 Å². The van der Waals surface area contributed by atoms with Gasteiger partial charge in [0.2, 0.25) is 0 Å². The summed E-state index contributed by atoms with van der Waals surface area (Å²) in [5.74, 6) is 1.73. The van der Waals surface area contributed by atoms with Crippen LogP contribution in [0.1, 0.15) is 15.9 Å². The molecule has 0 unspecified atom stereocenters. The molecule has 0 amide bonds. The molecule has 0 aliphatic carbocycles. The highest BCUT2D eigenvalue weighted by Crippen LogP contribution is 2.25. The Morgan fingerprint density at radius 3 is 1.64 bits per heavy atom. The van der Waals surface area contributed by atoms with E-state index < -0.39 is 0 Å². The number of carbonyl (C=O) groups is 1. The quantitative estimate of drug-likeness (QED) is 0.249. The van der Waals surface area contributed by atoms with Gasteiger partial charge in [0.05, 0.1) is 12.1 Å². The number of esters is 1. The van der Waals surface area contributed by atoms with Crippen LogP contribution in [0.2, 0.25) is 0 Å². The molecule has 0 aliphatic rings. The van der Waals surface area contributed by atoms with Gasteiger partial charge in [0.25, 0.3) is 0 Å². The van der Waals surface area contributed by atoms with Crippen molar-refractivity contribution in [2.75, 3.05) is 0 Å². The number of nitrogens with zero attached hydrogens (tertiary/aromatic N) is 3. The minimum atomic E-state index is -0.382. The van der Waals surface area contributed by atoms with E-state index in [0.717, 1.165) is 28.3 Å². The lowest BCUT2D eigenvalue weighted by molar-refractivity contribution is 0.0735. The first-order valence-electron chi connectivity index (χ1n) is 10.7. The molecule has 5 nitrogen and oxygen atoms in total. The fourth-order valence-electron chi connectivity index (χ4n) is 3.64. The Morgan fingerprint density at radius 2 is 1.12 bits per heavy atom. The minimum absolute atomic E-state index is 0.382. The second kappa shape index (κ2) is 9.32. The van der Waals surface area contributed by atoms with Crippen LogP contribution < -0.4 is 4.74 Å². The lowest BCUT2D eigenvalue weighted by Gasteiger charge is -2.12. The van der Waals surface area contributed by atoms with Gasteiger partial charge in [0, 0.05) is 11.1 Å². The highest BCUT2D eigenvalue weighted by atomic mass is 16.5. The van der Waals surface area contributed by atoms with Gasteiger partial charge in [-0.3, -0.25) is 0 Å². The highest BCUT2D eigenvalue weighted by molar-refractivity contribution is 5.91. The fourth-order valence-corrected chi connectivity index (χ4v) is 3.64. The average Bonchev–Trinajstić information content (AvgIpc) is 3.29. The Labute approximate surface area is 191 Å². The molecule has 5 heteroatoms. The molecular formula is C28H21N3O2. The van der Waals surface area contributed by atoms with Crippen molar-refractivity contribution in [3.63, 3.8) is 0 Å². The zero-order chi connectivity index (χ0) is 22.5. The van der Waals surface area contributed by atoms with Crippen molar-refractivity contribution in [2.45, 2.75) is 6.54 Å². The number of hydrogen-bond donors (Lipinski definition) is 0. The predicted octanol–water partition coefficient (Wildman–Crippen LogP) is 5.88. The predicted molar refractivity (Wildman–Crippen MR) is 128 cm³/mol. The summed E-state index contributed by atoms with van der Waals surface area (Å²) in [7, 11) is 0. The lowest BCUT2D eigenvalue weighted by Crippen LogP contribution is -2.09. The number of aromatic nitrogens is 3. The van der Waals surface area contributed by atoms with Crippen LogP contribution in [0.5, 0.6) is 5.75 Å². The third-order valence-corrected chi connectivity index (χ3v) is 5.30. The highest BCUT2D eigenvalue weighted by Gasteiger charge is 2.16. The molecule has 4 aromatic carbocycles. The van der Waals surface area contributed by atoms with Crippen LogP contribution in [0.3, 0.4) is 0 Å². The minimum Gasteiger partial charge on any atom is -0.423 e. The Morgan fingerprint density at radius 1 is 0.636 bits per heavy atom. The summed E-state index contributed by atoms with van der Waals surface area (Å²) in [5, 5.41) is 8.98. The van der Waals surface area contributed by atoms with Gasteiger partial charge in [-0.05, 0) is 29.8 Å². The van der Waals surface area contributed by atoms with Crippen molar-refractivity contribution in [1.29, 1.82) is 0 Å². The van der Waals surface area contributed by atoms with E-state index >= 15 is 0 Å². The van der Waals surface area contributed by atoms with Gasteiger partial charge >= 0.3 is 5.97 Å². The van der Waals surface area contributed by atoms with Crippen molar-refractivity contribution in [3.8, 4) is 28.5 Å². The Bertz CT molecular complexity index is 1290. The summed E-state index contributed by atoms with van der Waals surface area (Å²) in [6.07, 6.45) is 0. The van der Waals surface area contributed by atoms with Crippen molar-refractivity contribution in [1.82, 2.24) is 14.8 Å². The fraction of sp³-hybridized carbons (Fsp3) is 0.0357. The Hall–Kier alpha value is -4.51. The van der Waals surface area contributed by atoms with Gasteiger partial charge in [0.1, 0.15) is 5.75 Å². The number of carbonyl (C=O) groups excluding carboxylic acids is 1. The van der Waals surface area contributed by atoms with Crippen molar-refractivity contribution >= 4 is 5.97 Å². The summed E-state index contributed by atoms with van der Waals surface area (Å²) in [5.41, 5.74) is 3.52. The van der Waals surface area contributed by atoms with E-state index in [1.807, 2.05) is 91.0 Å². The van der Waals surface area contributed by atoms with Gasteiger partial charge < -0.3 is 9.30 Å². The van der Waals surface area contributed by atoms with Crippen LogP contribution in [0.15, 0.2) is 115 Å². The molecule has 33 heavy (non-hydrogen) atoms. The molecule has 5 rings (SSSR count). The molecule has 1 aromatic heterocycles. The number of para-hydroxylation sites is 1. The molecule has 1 heterocycles. The summed E-state index contributed by atoms with van der Waals surface area (Å²) in [6.45, 7) is 0.565. The average molecular weight is 431 g/mol. The Balaban J connectivity index is 1.44. The summed E-state index contributed by atoms with van der Waals surface area (Å²) in [4.78, 5) is 12.5. The SMILES string of the molecule is O=C(Oc1ccccc1)c1ccc(Cn2c(-c3ccccc3)nnc2-c2ccccc2)cc1. The van der Waals surface area contributed by atoms with E-state index in [0.29, 0.717) is 17.9 Å². The van der Waals surface area contributed by atoms with Crippen LogP contribution in [-0.2, 0) is 6.54 Å². The summed E-state index contributed by atoms with van der Waals surface area (Å²) in [6, 6.07) is 36.5. The van der Waals surface area contributed by atoms with Crippen LogP contribution >= 0.6 is 0 Å². The van der Waals surface area contributed by atoms with Crippen molar-refractivity contribution < 1.29 is 9.53 Å². The zero-order valence-electron chi connectivity index (χ0n) is 17.8. The second-order valence-corrected chi connectivity index (χ2v) is 7.56. The van der Waals surface area contributed by atoms with Gasteiger partial charge in [-0.15, -0.1) is 10.2 Å². The molecule has 0 fully saturated rings. The molecule has 0 N–H and O–H groups in total. The first-order chi connectivity index (χ1) is 16.3. The second-order valence-electron chi connectivity index (χ2n) is 7.56. The molecule has 0 bridgehead atoms.